The molecule has 0 aliphatic rings. The van der Waals surface area contributed by atoms with Crippen molar-refractivity contribution in [3.05, 3.63) is 95.4 Å². The van der Waals surface area contributed by atoms with Gasteiger partial charge in [-0.3, -0.25) is 5.43 Å². The van der Waals surface area contributed by atoms with E-state index in [4.69, 9.17) is 9.47 Å². The molecule has 0 fully saturated rings. The Kier molecular flexibility index (Phi) is 6.92. The number of aromatic nitrogens is 1. The van der Waals surface area contributed by atoms with Gasteiger partial charge in [-0.1, -0.05) is 60.7 Å². The number of benzene rings is 3. The van der Waals surface area contributed by atoms with E-state index in [0.717, 1.165) is 27.5 Å². The molecule has 31 heavy (non-hydrogen) atoms. The highest BCUT2D eigenvalue weighted by atomic mass is 32.1. The van der Waals surface area contributed by atoms with Gasteiger partial charge < -0.3 is 9.47 Å². The third kappa shape index (κ3) is 5.71. The zero-order valence-corrected chi connectivity index (χ0v) is 18.0. The van der Waals surface area contributed by atoms with Gasteiger partial charge in [0.25, 0.3) is 0 Å². The van der Waals surface area contributed by atoms with Crippen LogP contribution >= 0.6 is 11.3 Å². The van der Waals surface area contributed by atoms with E-state index in [9.17, 15) is 0 Å². The maximum atomic E-state index is 5.96. The molecule has 0 aliphatic carbocycles. The lowest BCUT2D eigenvalue weighted by atomic mass is 10.2. The Balaban J connectivity index is 1.40. The molecule has 0 saturated heterocycles. The van der Waals surface area contributed by atoms with E-state index in [-0.39, 0.29) is 0 Å². The predicted octanol–water partition coefficient (Wildman–Crippen LogP) is 6.23. The lowest BCUT2D eigenvalue weighted by molar-refractivity contribution is 0.269. The summed E-state index contributed by atoms with van der Waals surface area (Å²) in [7, 11) is 0. The van der Waals surface area contributed by atoms with Gasteiger partial charge in [-0.25, -0.2) is 4.98 Å². The Morgan fingerprint density at radius 2 is 1.71 bits per heavy atom. The Hall–Kier alpha value is -3.64. The fraction of sp³-hybridized carbons (Fsp3) is 0.120. The van der Waals surface area contributed by atoms with E-state index in [1.807, 2.05) is 91.2 Å². The Morgan fingerprint density at radius 3 is 2.48 bits per heavy atom. The van der Waals surface area contributed by atoms with Crippen LogP contribution in [0.3, 0.4) is 0 Å². The van der Waals surface area contributed by atoms with Crippen molar-refractivity contribution in [3.63, 3.8) is 0 Å². The van der Waals surface area contributed by atoms with Crippen LogP contribution in [0.25, 0.3) is 11.3 Å². The lowest BCUT2D eigenvalue weighted by Gasteiger charge is -2.12. The van der Waals surface area contributed by atoms with Crippen molar-refractivity contribution in [2.45, 2.75) is 13.5 Å². The van der Waals surface area contributed by atoms with E-state index in [2.05, 4.69) is 15.5 Å². The molecule has 0 saturated carbocycles. The van der Waals surface area contributed by atoms with E-state index < -0.39 is 0 Å². The summed E-state index contributed by atoms with van der Waals surface area (Å²) in [6.07, 6.45) is 1.74. The number of hydrogen-bond acceptors (Lipinski definition) is 6. The summed E-state index contributed by atoms with van der Waals surface area (Å²) in [5.74, 6) is 1.41. The van der Waals surface area contributed by atoms with Gasteiger partial charge in [0.1, 0.15) is 6.61 Å². The molecule has 0 aliphatic heterocycles. The molecule has 4 rings (SSSR count). The highest BCUT2D eigenvalue weighted by Crippen LogP contribution is 2.29. The molecule has 0 atom stereocenters. The molecule has 1 heterocycles. The van der Waals surface area contributed by atoms with Crippen LogP contribution in [0.1, 0.15) is 18.1 Å². The number of ether oxygens (including phenoxy) is 2. The van der Waals surface area contributed by atoms with Gasteiger partial charge >= 0.3 is 0 Å². The van der Waals surface area contributed by atoms with Crippen molar-refractivity contribution in [2.75, 3.05) is 12.0 Å². The number of anilines is 1. The van der Waals surface area contributed by atoms with Gasteiger partial charge in [0, 0.05) is 10.9 Å². The van der Waals surface area contributed by atoms with Crippen LogP contribution in [-0.2, 0) is 6.61 Å². The third-order valence-corrected chi connectivity index (χ3v) is 5.20. The van der Waals surface area contributed by atoms with Gasteiger partial charge in [0.2, 0.25) is 5.13 Å². The molecular weight excluding hydrogens is 406 g/mol. The maximum Gasteiger partial charge on any atom is 0.203 e. The van der Waals surface area contributed by atoms with Gasteiger partial charge in [0.15, 0.2) is 11.5 Å². The summed E-state index contributed by atoms with van der Waals surface area (Å²) in [5.41, 5.74) is 7.03. The fourth-order valence-corrected chi connectivity index (χ4v) is 3.62. The fourth-order valence-electron chi connectivity index (χ4n) is 2.96. The van der Waals surface area contributed by atoms with E-state index >= 15 is 0 Å². The Morgan fingerprint density at radius 1 is 0.935 bits per heavy atom. The molecule has 0 spiro atoms. The molecule has 0 unspecified atom stereocenters. The van der Waals surface area contributed by atoms with Crippen LogP contribution in [0, 0.1) is 0 Å². The van der Waals surface area contributed by atoms with E-state index in [0.29, 0.717) is 24.7 Å². The van der Waals surface area contributed by atoms with Crippen molar-refractivity contribution in [3.8, 4) is 22.8 Å². The normalized spacial score (nSPS) is 10.9. The van der Waals surface area contributed by atoms with Crippen LogP contribution < -0.4 is 14.9 Å². The second kappa shape index (κ2) is 10.4. The van der Waals surface area contributed by atoms with Gasteiger partial charge in [-0.05, 0) is 36.2 Å². The van der Waals surface area contributed by atoms with Crippen molar-refractivity contribution in [1.82, 2.24) is 4.98 Å². The number of hydrogen-bond donors (Lipinski definition) is 1. The van der Waals surface area contributed by atoms with E-state index in [1.165, 1.54) is 11.3 Å². The first-order chi connectivity index (χ1) is 15.3. The molecule has 156 valence electrons. The second-order valence-electron chi connectivity index (χ2n) is 6.69. The first kappa shape index (κ1) is 20.6. The molecule has 3 aromatic carbocycles. The summed E-state index contributed by atoms with van der Waals surface area (Å²) < 4.78 is 11.7. The Bertz CT molecular complexity index is 1130. The molecule has 1 aromatic heterocycles. The Labute approximate surface area is 186 Å². The monoisotopic (exact) mass is 429 g/mol. The van der Waals surface area contributed by atoms with Crippen LogP contribution in [0.15, 0.2) is 89.3 Å². The highest BCUT2D eigenvalue weighted by molar-refractivity contribution is 7.14. The molecule has 6 heteroatoms. The second-order valence-corrected chi connectivity index (χ2v) is 7.55. The molecule has 0 amide bonds. The molecule has 0 bridgehead atoms. The average molecular weight is 430 g/mol. The predicted molar refractivity (Wildman–Crippen MR) is 127 cm³/mol. The summed E-state index contributed by atoms with van der Waals surface area (Å²) in [4.78, 5) is 4.57. The molecule has 0 radical (unpaired) electrons. The smallest absolute Gasteiger partial charge is 0.203 e. The van der Waals surface area contributed by atoms with Crippen LogP contribution in [0.5, 0.6) is 11.5 Å². The van der Waals surface area contributed by atoms with Gasteiger partial charge in [0.05, 0.1) is 18.5 Å². The molecule has 5 nitrogen and oxygen atoms in total. The summed E-state index contributed by atoms with van der Waals surface area (Å²) in [6.45, 7) is 3.00. The molecular formula is C25H23N3O2S. The van der Waals surface area contributed by atoms with Gasteiger partial charge in [-0.15, -0.1) is 11.3 Å². The van der Waals surface area contributed by atoms with Crippen molar-refractivity contribution < 1.29 is 9.47 Å². The summed E-state index contributed by atoms with van der Waals surface area (Å²) in [5, 5.41) is 7.07. The first-order valence-corrected chi connectivity index (χ1v) is 10.9. The zero-order valence-electron chi connectivity index (χ0n) is 17.2. The lowest BCUT2D eigenvalue weighted by Crippen LogP contribution is -2.00. The third-order valence-electron chi connectivity index (χ3n) is 4.45. The van der Waals surface area contributed by atoms with Crippen molar-refractivity contribution in [2.24, 2.45) is 5.10 Å². The van der Waals surface area contributed by atoms with Crippen LogP contribution in [0.2, 0.25) is 0 Å². The summed E-state index contributed by atoms with van der Waals surface area (Å²) >= 11 is 1.52. The quantitative estimate of drug-likeness (QED) is 0.253. The SMILES string of the molecule is CCOc1cc(C=NNc2nc(-c3ccccc3)cs2)ccc1OCc1ccccc1. The standard InChI is InChI=1S/C25H23N3O2S/c1-2-29-24-15-20(13-14-23(24)30-17-19-9-5-3-6-10-19)16-26-28-25-27-22(18-31-25)21-11-7-4-8-12-21/h3-16,18H,2,17H2,1H3,(H,27,28). The summed E-state index contributed by atoms with van der Waals surface area (Å²) in [6, 6.07) is 25.9. The number of nitrogens with zero attached hydrogens (tertiary/aromatic N) is 2. The minimum atomic E-state index is 0.490. The zero-order chi connectivity index (χ0) is 21.3. The van der Waals surface area contributed by atoms with Crippen LogP contribution in [0.4, 0.5) is 5.13 Å². The average Bonchev–Trinajstić information content (AvgIpc) is 3.29. The number of nitrogens with one attached hydrogen (secondary N) is 1. The highest BCUT2D eigenvalue weighted by Gasteiger charge is 2.07. The van der Waals surface area contributed by atoms with Gasteiger partial charge in [-0.2, -0.15) is 5.10 Å². The molecule has 1 N–H and O–H groups in total. The minimum absolute atomic E-state index is 0.490. The van der Waals surface area contributed by atoms with Crippen LogP contribution in [-0.4, -0.2) is 17.8 Å². The first-order valence-electron chi connectivity index (χ1n) is 10.1. The number of hydrazone groups is 1. The largest absolute Gasteiger partial charge is 0.490 e. The van der Waals surface area contributed by atoms with Crippen molar-refractivity contribution in [1.29, 1.82) is 0 Å². The molecule has 4 aromatic rings. The van der Waals surface area contributed by atoms with Crippen molar-refractivity contribution >= 4 is 22.7 Å². The maximum absolute atomic E-state index is 5.96. The topological polar surface area (TPSA) is 55.7 Å². The van der Waals surface area contributed by atoms with E-state index in [1.54, 1.807) is 6.21 Å². The minimum Gasteiger partial charge on any atom is -0.490 e. The number of rotatable bonds is 9. The number of thiazole rings is 1.